The molecule has 0 saturated heterocycles. The largest absolute Gasteiger partial charge is 0.496 e. The van der Waals surface area contributed by atoms with Crippen molar-refractivity contribution in [3.63, 3.8) is 0 Å². The first-order chi connectivity index (χ1) is 19.0. The molecule has 4 rings (SSSR count). The molecule has 0 spiro atoms. The number of rotatable bonds is 12. The van der Waals surface area contributed by atoms with Crippen LogP contribution in [0.4, 0.5) is 5.69 Å². The maximum atomic E-state index is 9.42. The van der Waals surface area contributed by atoms with Crippen LogP contribution in [0.2, 0.25) is 0 Å². The van der Waals surface area contributed by atoms with Crippen molar-refractivity contribution in [2.24, 2.45) is 0 Å². The van der Waals surface area contributed by atoms with Crippen molar-refractivity contribution in [2.45, 2.75) is 35.1 Å². The van der Waals surface area contributed by atoms with Crippen LogP contribution in [0.3, 0.4) is 0 Å². The number of thiazole rings is 1. The first-order valence-electron chi connectivity index (χ1n) is 12.6. The van der Waals surface area contributed by atoms with Crippen molar-refractivity contribution in [3.05, 3.63) is 58.3 Å². The summed E-state index contributed by atoms with van der Waals surface area (Å²) >= 11 is 6.86. The highest BCUT2D eigenvalue weighted by Crippen LogP contribution is 2.49. The highest BCUT2D eigenvalue weighted by atomic mass is 32.2. The Balaban J connectivity index is 1.67. The van der Waals surface area contributed by atoms with Gasteiger partial charge in [-0.3, -0.25) is 0 Å². The summed E-state index contributed by atoms with van der Waals surface area (Å²) in [6, 6.07) is 8.63. The number of aromatic nitrogens is 1. The molecule has 10 heteroatoms. The highest BCUT2D eigenvalue weighted by molar-refractivity contribution is 8.03. The molecule has 1 N–H and O–H groups in total. The van der Waals surface area contributed by atoms with Crippen molar-refractivity contribution in [3.8, 4) is 11.5 Å². The molecule has 1 aliphatic rings. The summed E-state index contributed by atoms with van der Waals surface area (Å²) in [5.74, 6) is 2.47. The molecule has 1 aliphatic heterocycles. The number of aliphatic hydroxyl groups excluding tert-OH is 1. The number of hydrogen-bond donors (Lipinski definition) is 1. The zero-order chi connectivity index (χ0) is 27.9. The second-order valence-corrected chi connectivity index (χ2v) is 12.2. The molecular weight excluding hydrogens is 569 g/mol. The summed E-state index contributed by atoms with van der Waals surface area (Å²) in [6.45, 7) is 6.15. The lowest BCUT2D eigenvalue weighted by molar-refractivity contribution is -0.665. The fourth-order valence-electron chi connectivity index (χ4n) is 4.38. The summed E-state index contributed by atoms with van der Waals surface area (Å²) in [5, 5.41) is 11.7. The van der Waals surface area contributed by atoms with E-state index < -0.39 is 0 Å². The molecule has 208 valence electrons. The van der Waals surface area contributed by atoms with E-state index in [4.69, 9.17) is 14.2 Å². The SMILES string of the molecule is CCN1C(=CC=C(C=Cc2sc3cc(SC)c(OC)cc3[n+]2CC)OCCO)Sc2cc(SC)c(OC)cc21. The van der Waals surface area contributed by atoms with Gasteiger partial charge in [-0.2, -0.15) is 4.57 Å². The Morgan fingerprint density at radius 1 is 1.05 bits per heavy atom. The molecule has 2 heterocycles. The van der Waals surface area contributed by atoms with Gasteiger partial charge in [0.05, 0.1) is 47.4 Å². The van der Waals surface area contributed by atoms with Gasteiger partial charge in [-0.15, -0.1) is 23.5 Å². The Morgan fingerprint density at radius 2 is 1.77 bits per heavy atom. The molecule has 6 nitrogen and oxygen atoms in total. The minimum absolute atomic E-state index is 0.0462. The second kappa shape index (κ2) is 13.9. The molecule has 0 bridgehead atoms. The Labute approximate surface area is 247 Å². The van der Waals surface area contributed by atoms with E-state index in [1.807, 2.05) is 12.2 Å². The normalized spacial score (nSPS) is 14.6. The Kier molecular flexibility index (Phi) is 10.6. The zero-order valence-electron chi connectivity index (χ0n) is 23.1. The number of aliphatic hydroxyl groups is 1. The van der Waals surface area contributed by atoms with E-state index in [1.165, 1.54) is 9.60 Å². The third-order valence-electron chi connectivity index (χ3n) is 6.25. The maximum Gasteiger partial charge on any atom is 0.262 e. The Hall–Kier alpha value is -2.24. The van der Waals surface area contributed by atoms with Crippen LogP contribution in [0.25, 0.3) is 16.3 Å². The first kappa shape index (κ1) is 29.7. The number of benzene rings is 2. The smallest absolute Gasteiger partial charge is 0.262 e. The summed E-state index contributed by atoms with van der Waals surface area (Å²) in [5.41, 5.74) is 2.30. The lowest BCUT2D eigenvalue weighted by Gasteiger charge is -2.19. The molecule has 3 aromatic rings. The van der Waals surface area contributed by atoms with Gasteiger partial charge in [-0.25, -0.2) is 0 Å². The van der Waals surface area contributed by atoms with Gasteiger partial charge >= 0.3 is 0 Å². The average molecular weight is 604 g/mol. The summed E-state index contributed by atoms with van der Waals surface area (Å²) in [7, 11) is 3.43. The van der Waals surface area contributed by atoms with E-state index in [0.29, 0.717) is 5.76 Å². The predicted octanol–water partition coefficient (Wildman–Crippen LogP) is 7.05. The number of ether oxygens (including phenoxy) is 3. The number of thioether (sulfide) groups is 3. The van der Waals surface area contributed by atoms with Crippen LogP contribution in [-0.4, -0.2) is 51.6 Å². The standard InChI is InChI=1S/C29H35N2O4S4/c1-7-30-20-15-22(33-3)26(36-5)17-24(20)38-28(30)11-9-19(35-14-13-32)10-12-29-31(8-2)21-16-23(34-4)27(37-6)18-25(21)39-29/h9-12,15-18,32H,7-8,13-14H2,1-6H3/q+1. The van der Waals surface area contributed by atoms with Crippen molar-refractivity contribution in [1.82, 2.24) is 0 Å². The third kappa shape index (κ3) is 6.41. The van der Waals surface area contributed by atoms with E-state index in [1.54, 1.807) is 60.8 Å². The van der Waals surface area contributed by atoms with Gasteiger partial charge in [0, 0.05) is 23.6 Å². The van der Waals surface area contributed by atoms with Gasteiger partial charge in [-0.05, 0) is 56.7 Å². The number of hydrogen-bond acceptors (Lipinski definition) is 9. The third-order valence-corrected chi connectivity index (χ3v) is 9.99. The van der Waals surface area contributed by atoms with Gasteiger partial charge in [0.25, 0.3) is 5.01 Å². The summed E-state index contributed by atoms with van der Waals surface area (Å²) < 4.78 is 20.7. The van der Waals surface area contributed by atoms with E-state index in [-0.39, 0.29) is 13.2 Å². The fraction of sp³-hybridized carbons (Fsp3) is 0.345. The Morgan fingerprint density at radius 3 is 2.41 bits per heavy atom. The van der Waals surface area contributed by atoms with Crippen molar-refractivity contribution >= 4 is 68.6 Å². The van der Waals surface area contributed by atoms with Gasteiger partial charge in [0.2, 0.25) is 5.52 Å². The lowest BCUT2D eigenvalue weighted by Crippen LogP contribution is -2.33. The number of anilines is 1. The van der Waals surface area contributed by atoms with Gasteiger partial charge in [0.1, 0.15) is 35.1 Å². The van der Waals surface area contributed by atoms with Crippen LogP contribution < -0.4 is 18.9 Å². The maximum absolute atomic E-state index is 9.42. The molecule has 0 fully saturated rings. The molecule has 0 unspecified atom stereocenters. The molecule has 0 radical (unpaired) electrons. The van der Waals surface area contributed by atoms with Gasteiger partial charge in [0.15, 0.2) is 0 Å². The molecule has 2 aromatic carbocycles. The minimum atomic E-state index is -0.0462. The number of methoxy groups -OCH3 is 2. The zero-order valence-corrected chi connectivity index (χ0v) is 26.4. The molecule has 0 atom stereocenters. The topological polar surface area (TPSA) is 55.0 Å². The van der Waals surface area contributed by atoms with Crippen LogP contribution in [0.15, 0.2) is 68.0 Å². The second-order valence-electron chi connectivity index (χ2n) is 8.36. The van der Waals surface area contributed by atoms with E-state index >= 15 is 0 Å². The summed E-state index contributed by atoms with van der Waals surface area (Å²) in [4.78, 5) is 5.75. The van der Waals surface area contributed by atoms with Gasteiger partial charge < -0.3 is 24.2 Å². The van der Waals surface area contributed by atoms with Crippen LogP contribution in [-0.2, 0) is 11.3 Å². The summed E-state index contributed by atoms with van der Waals surface area (Å²) in [6.07, 6.45) is 12.3. The first-order valence-corrected chi connectivity index (χ1v) is 16.7. The van der Waals surface area contributed by atoms with Gasteiger partial charge in [-0.1, -0.05) is 23.1 Å². The number of allylic oxidation sites excluding steroid dienone is 3. The number of aryl methyl sites for hydroxylation is 1. The fourth-order valence-corrected chi connectivity index (χ4v) is 7.99. The van der Waals surface area contributed by atoms with Crippen LogP contribution in [0.5, 0.6) is 11.5 Å². The van der Waals surface area contributed by atoms with Crippen molar-refractivity contribution < 1.29 is 23.9 Å². The monoisotopic (exact) mass is 603 g/mol. The van der Waals surface area contributed by atoms with Crippen LogP contribution >= 0.6 is 46.6 Å². The minimum Gasteiger partial charge on any atom is -0.496 e. The Bertz CT molecular complexity index is 1410. The number of fused-ring (bicyclic) bond motifs is 2. The average Bonchev–Trinajstić information content (AvgIpc) is 3.50. The molecule has 0 aliphatic carbocycles. The van der Waals surface area contributed by atoms with Crippen LogP contribution in [0.1, 0.15) is 18.9 Å². The van der Waals surface area contributed by atoms with E-state index in [2.05, 4.69) is 72.2 Å². The molecule has 0 amide bonds. The van der Waals surface area contributed by atoms with Crippen molar-refractivity contribution in [2.75, 3.05) is 51.4 Å². The molecule has 39 heavy (non-hydrogen) atoms. The van der Waals surface area contributed by atoms with Crippen molar-refractivity contribution in [1.29, 1.82) is 0 Å². The predicted molar refractivity (Wildman–Crippen MR) is 168 cm³/mol. The molecular formula is C29H35N2O4S4+. The lowest BCUT2D eigenvalue weighted by atomic mass is 10.2. The van der Waals surface area contributed by atoms with E-state index in [9.17, 15) is 5.11 Å². The molecule has 1 aromatic heterocycles. The highest BCUT2D eigenvalue weighted by Gasteiger charge is 2.26. The van der Waals surface area contributed by atoms with E-state index in [0.717, 1.165) is 55.6 Å². The quantitative estimate of drug-likeness (QED) is 0.102. The van der Waals surface area contributed by atoms with Crippen LogP contribution in [0, 0.1) is 0 Å². The number of nitrogens with zero attached hydrogens (tertiary/aromatic N) is 2. The molecule has 0 saturated carbocycles.